The van der Waals surface area contributed by atoms with Crippen molar-refractivity contribution in [2.45, 2.75) is 19.9 Å². The van der Waals surface area contributed by atoms with Gasteiger partial charge in [-0.05, 0) is 24.1 Å². The molecule has 1 rings (SSSR count). The van der Waals surface area contributed by atoms with Crippen LogP contribution >= 0.6 is 11.6 Å². The summed E-state index contributed by atoms with van der Waals surface area (Å²) in [4.78, 5) is 10.8. The zero-order chi connectivity index (χ0) is 13.7. The summed E-state index contributed by atoms with van der Waals surface area (Å²) in [7, 11) is 1.65. The number of aromatic carboxylic acids is 1. The Morgan fingerprint density at radius 1 is 1.50 bits per heavy atom. The van der Waals surface area contributed by atoms with Gasteiger partial charge in [-0.25, -0.2) is 4.79 Å². The molecule has 0 saturated carbocycles. The highest BCUT2D eigenvalue weighted by Crippen LogP contribution is 2.25. The molecule has 0 aliphatic heterocycles. The zero-order valence-corrected chi connectivity index (χ0v) is 11.5. The largest absolute Gasteiger partial charge is 0.478 e. The van der Waals surface area contributed by atoms with Gasteiger partial charge in [-0.2, -0.15) is 0 Å². The Hall–Kier alpha value is -1.26. The minimum Gasteiger partial charge on any atom is -0.478 e. The van der Waals surface area contributed by atoms with E-state index in [9.17, 15) is 4.79 Å². The van der Waals surface area contributed by atoms with Gasteiger partial charge >= 0.3 is 5.97 Å². The number of methoxy groups -OCH3 is 1. The van der Waals surface area contributed by atoms with E-state index in [1.165, 1.54) is 12.1 Å². The minimum absolute atomic E-state index is 0.128. The quantitative estimate of drug-likeness (QED) is 0.835. The van der Waals surface area contributed by atoms with E-state index in [-0.39, 0.29) is 11.6 Å². The molecule has 1 unspecified atom stereocenters. The Kier molecular flexibility index (Phi) is 5.44. The maximum absolute atomic E-state index is 10.8. The molecule has 5 heteroatoms. The van der Waals surface area contributed by atoms with Gasteiger partial charge < -0.3 is 15.2 Å². The minimum atomic E-state index is -0.985. The second-order valence-corrected chi connectivity index (χ2v) is 4.86. The van der Waals surface area contributed by atoms with Gasteiger partial charge in [-0.15, -0.1) is 0 Å². The van der Waals surface area contributed by atoms with E-state index in [0.717, 1.165) is 5.69 Å². The van der Waals surface area contributed by atoms with E-state index < -0.39 is 5.97 Å². The summed E-state index contributed by atoms with van der Waals surface area (Å²) in [6.45, 7) is 4.72. The van der Waals surface area contributed by atoms with E-state index in [4.69, 9.17) is 21.4 Å². The molecular weight excluding hydrogens is 254 g/mol. The number of anilines is 1. The summed E-state index contributed by atoms with van der Waals surface area (Å²) >= 11 is 6.06. The maximum Gasteiger partial charge on any atom is 0.335 e. The summed E-state index contributed by atoms with van der Waals surface area (Å²) in [5, 5.41) is 12.5. The van der Waals surface area contributed by atoms with Crippen molar-refractivity contribution in [2.75, 3.05) is 19.0 Å². The second-order valence-electron chi connectivity index (χ2n) is 4.45. The second kappa shape index (κ2) is 6.61. The number of halogens is 1. The third kappa shape index (κ3) is 3.89. The molecular formula is C13H18ClNO3. The fourth-order valence-electron chi connectivity index (χ4n) is 1.55. The number of nitrogens with one attached hydrogen (secondary N) is 1. The normalized spacial score (nSPS) is 12.5. The molecule has 18 heavy (non-hydrogen) atoms. The molecule has 0 fully saturated rings. The van der Waals surface area contributed by atoms with E-state index in [1.807, 2.05) is 0 Å². The molecule has 100 valence electrons. The summed E-state index contributed by atoms with van der Waals surface area (Å²) in [6.07, 6.45) is 0. The predicted octanol–water partition coefficient (Wildman–Crippen LogP) is 3.12. The van der Waals surface area contributed by atoms with Crippen LogP contribution in [-0.4, -0.2) is 30.8 Å². The molecule has 1 atom stereocenters. The van der Waals surface area contributed by atoms with Crippen LogP contribution < -0.4 is 5.32 Å². The van der Waals surface area contributed by atoms with Crippen LogP contribution in [0, 0.1) is 5.92 Å². The van der Waals surface area contributed by atoms with Crippen molar-refractivity contribution in [3.8, 4) is 0 Å². The molecule has 1 aromatic rings. The monoisotopic (exact) mass is 271 g/mol. The molecule has 4 nitrogen and oxygen atoms in total. The van der Waals surface area contributed by atoms with E-state index in [2.05, 4.69) is 19.2 Å². The number of carboxylic acid groups (broad SMARTS) is 1. The number of hydrogen-bond acceptors (Lipinski definition) is 3. The summed E-state index contributed by atoms with van der Waals surface area (Å²) < 4.78 is 5.14. The molecule has 0 aliphatic carbocycles. The fourth-order valence-corrected chi connectivity index (χ4v) is 1.78. The van der Waals surface area contributed by atoms with Gasteiger partial charge in [0.1, 0.15) is 0 Å². The maximum atomic E-state index is 10.8. The first-order chi connectivity index (χ1) is 8.45. The van der Waals surface area contributed by atoms with Crippen LogP contribution in [-0.2, 0) is 4.74 Å². The lowest BCUT2D eigenvalue weighted by Crippen LogP contribution is -2.30. The van der Waals surface area contributed by atoms with Crippen molar-refractivity contribution in [3.63, 3.8) is 0 Å². The molecule has 0 spiro atoms. The first kappa shape index (κ1) is 14.8. The van der Waals surface area contributed by atoms with Gasteiger partial charge in [0, 0.05) is 7.11 Å². The third-order valence-corrected chi connectivity index (χ3v) is 3.02. The molecule has 0 amide bonds. The number of carboxylic acids is 1. The lowest BCUT2D eigenvalue weighted by Gasteiger charge is -2.23. The van der Waals surface area contributed by atoms with Gasteiger partial charge in [0.15, 0.2) is 0 Å². The standard InChI is InChI=1S/C13H18ClNO3/c1-8(2)12(7-18-3)15-11-5-4-9(13(16)17)6-10(11)14/h4-6,8,12,15H,7H2,1-3H3,(H,16,17). The molecule has 1 aromatic carbocycles. The van der Waals surface area contributed by atoms with Crippen LogP contribution in [0.3, 0.4) is 0 Å². The predicted molar refractivity (Wildman–Crippen MR) is 72.5 cm³/mol. The Morgan fingerprint density at radius 3 is 2.61 bits per heavy atom. The molecule has 0 heterocycles. The smallest absolute Gasteiger partial charge is 0.335 e. The average molecular weight is 272 g/mol. The van der Waals surface area contributed by atoms with Gasteiger partial charge in [0.25, 0.3) is 0 Å². The first-order valence-electron chi connectivity index (χ1n) is 5.74. The molecule has 0 radical (unpaired) electrons. The Labute approximate surface area is 112 Å². The fraction of sp³-hybridized carbons (Fsp3) is 0.462. The number of rotatable bonds is 6. The van der Waals surface area contributed by atoms with Crippen LogP contribution in [0.15, 0.2) is 18.2 Å². The van der Waals surface area contributed by atoms with Gasteiger partial charge in [-0.1, -0.05) is 25.4 Å². The highest BCUT2D eigenvalue weighted by atomic mass is 35.5. The first-order valence-corrected chi connectivity index (χ1v) is 6.11. The number of benzene rings is 1. The summed E-state index contributed by atoms with van der Waals surface area (Å²) in [5.74, 6) is -0.610. The van der Waals surface area contributed by atoms with Crippen molar-refractivity contribution in [3.05, 3.63) is 28.8 Å². The van der Waals surface area contributed by atoms with Gasteiger partial charge in [0.2, 0.25) is 0 Å². The highest BCUT2D eigenvalue weighted by molar-refractivity contribution is 6.33. The summed E-state index contributed by atoms with van der Waals surface area (Å²) in [6, 6.07) is 4.77. The summed E-state index contributed by atoms with van der Waals surface area (Å²) in [5.41, 5.74) is 0.899. The highest BCUT2D eigenvalue weighted by Gasteiger charge is 2.15. The Bertz CT molecular complexity index is 421. The molecule has 0 aromatic heterocycles. The van der Waals surface area contributed by atoms with Crippen LogP contribution in [0.1, 0.15) is 24.2 Å². The Morgan fingerprint density at radius 2 is 2.17 bits per heavy atom. The van der Waals surface area contributed by atoms with Gasteiger partial charge in [-0.3, -0.25) is 0 Å². The lowest BCUT2D eigenvalue weighted by molar-refractivity contribution is 0.0697. The van der Waals surface area contributed by atoms with Crippen molar-refractivity contribution < 1.29 is 14.6 Å². The topological polar surface area (TPSA) is 58.6 Å². The van der Waals surface area contributed by atoms with Crippen LogP contribution in [0.25, 0.3) is 0 Å². The van der Waals surface area contributed by atoms with E-state index in [0.29, 0.717) is 17.5 Å². The van der Waals surface area contributed by atoms with Crippen molar-refractivity contribution in [1.82, 2.24) is 0 Å². The van der Waals surface area contributed by atoms with Crippen molar-refractivity contribution in [2.24, 2.45) is 5.92 Å². The van der Waals surface area contributed by atoms with E-state index in [1.54, 1.807) is 13.2 Å². The van der Waals surface area contributed by atoms with Crippen molar-refractivity contribution >= 4 is 23.3 Å². The van der Waals surface area contributed by atoms with E-state index >= 15 is 0 Å². The Balaban J connectivity index is 2.86. The third-order valence-electron chi connectivity index (χ3n) is 2.71. The lowest BCUT2D eigenvalue weighted by atomic mass is 10.0. The zero-order valence-electron chi connectivity index (χ0n) is 10.7. The van der Waals surface area contributed by atoms with Crippen LogP contribution in [0.4, 0.5) is 5.69 Å². The molecule has 0 saturated heterocycles. The van der Waals surface area contributed by atoms with Gasteiger partial charge in [0.05, 0.1) is 28.9 Å². The molecule has 2 N–H and O–H groups in total. The van der Waals surface area contributed by atoms with Crippen LogP contribution in [0.5, 0.6) is 0 Å². The van der Waals surface area contributed by atoms with Crippen molar-refractivity contribution in [1.29, 1.82) is 0 Å². The average Bonchev–Trinajstić information content (AvgIpc) is 2.30. The number of ether oxygens (including phenoxy) is 1. The number of carbonyl (C=O) groups is 1. The van der Waals surface area contributed by atoms with Crippen LogP contribution in [0.2, 0.25) is 5.02 Å². The molecule has 0 bridgehead atoms. The number of hydrogen-bond donors (Lipinski definition) is 2. The molecule has 0 aliphatic rings. The SMILES string of the molecule is COCC(Nc1ccc(C(=O)O)cc1Cl)C(C)C.